The molecular weight excluding hydrogens is 288 g/mol. The first kappa shape index (κ1) is 13.9. The number of rotatable bonds is 5. The molecule has 3 aromatic rings. The molecule has 0 saturated heterocycles. The Labute approximate surface area is 135 Å². The third-order valence-electron chi connectivity index (χ3n) is 4.29. The average Bonchev–Trinajstić information content (AvgIpc) is 3.31. The molecule has 1 aliphatic carbocycles. The molecule has 1 aliphatic rings. The van der Waals surface area contributed by atoms with Gasteiger partial charge >= 0.3 is 0 Å². The van der Waals surface area contributed by atoms with Crippen LogP contribution in [0.3, 0.4) is 0 Å². The lowest BCUT2D eigenvalue weighted by Crippen LogP contribution is -2.05. The van der Waals surface area contributed by atoms with Gasteiger partial charge in [0.25, 0.3) is 0 Å². The molecule has 0 atom stereocenters. The number of aromatic nitrogens is 1. The molecule has 0 aliphatic heterocycles. The standard InChI is InChI=1S/C19H20N2S/c1-20-12-17-19(14-9-10-14)21-18(22-17)11-15-7-4-6-13-5-2-3-8-16(13)15/h2-8,14,20H,9-12H2,1H3. The topological polar surface area (TPSA) is 24.9 Å². The molecule has 1 heterocycles. The van der Waals surface area contributed by atoms with Gasteiger partial charge in [0.15, 0.2) is 0 Å². The minimum absolute atomic E-state index is 0.723. The molecule has 0 amide bonds. The fourth-order valence-corrected chi connectivity index (χ4v) is 4.25. The molecule has 4 rings (SSSR count). The van der Waals surface area contributed by atoms with E-state index < -0.39 is 0 Å². The number of thiazole rings is 1. The van der Waals surface area contributed by atoms with E-state index in [2.05, 4.69) is 47.8 Å². The van der Waals surface area contributed by atoms with Crippen LogP contribution in [0.5, 0.6) is 0 Å². The van der Waals surface area contributed by atoms with Crippen molar-refractivity contribution in [1.29, 1.82) is 0 Å². The van der Waals surface area contributed by atoms with Crippen molar-refractivity contribution >= 4 is 22.1 Å². The zero-order chi connectivity index (χ0) is 14.9. The van der Waals surface area contributed by atoms with Gasteiger partial charge in [-0.25, -0.2) is 4.98 Å². The summed E-state index contributed by atoms with van der Waals surface area (Å²) in [6, 6.07) is 15.2. The van der Waals surface area contributed by atoms with Gasteiger partial charge in [-0.2, -0.15) is 0 Å². The van der Waals surface area contributed by atoms with Gasteiger partial charge in [0.2, 0.25) is 0 Å². The summed E-state index contributed by atoms with van der Waals surface area (Å²) in [6.07, 6.45) is 3.57. The smallest absolute Gasteiger partial charge is 0.0975 e. The Morgan fingerprint density at radius 3 is 2.77 bits per heavy atom. The molecule has 0 spiro atoms. The monoisotopic (exact) mass is 308 g/mol. The summed E-state index contributed by atoms with van der Waals surface area (Å²) in [6.45, 7) is 0.943. The van der Waals surface area contributed by atoms with Crippen molar-refractivity contribution in [2.45, 2.75) is 31.7 Å². The SMILES string of the molecule is CNCc1sc(Cc2cccc3ccccc23)nc1C1CC1. The second kappa shape index (κ2) is 5.82. The normalized spacial score (nSPS) is 14.6. The molecule has 1 fully saturated rings. The highest BCUT2D eigenvalue weighted by molar-refractivity contribution is 7.11. The van der Waals surface area contributed by atoms with Crippen molar-refractivity contribution in [2.24, 2.45) is 0 Å². The van der Waals surface area contributed by atoms with Crippen molar-refractivity contribution in [3.05, 3.63) is 63.6 Å². The predicted molar refractivity (Wildman–Crippen MR) is 93.6 cm³/mol. The third-order valence-corrected chi connectivity index (χ3v) is 5.37. The quantitative estimate of drug-likeness (QED) is 0.751. The zero-order valence-corrected chi connectivity index (χ0v) is 13.6. The maximum atomic E-state index is 4.97. The van der Waals surface area contributed by atoms with E-state index in [9.17, 15) is 0 Å². The van der Waals surface area contributed by atoms with E-state index in [1.165, 1.54) is 44.8 Å². The summed E-state index contributed by atoms with van der Waals surface area (Å²) >= 11 is 1.88. The van der Waals surface area contributed by atoms with Gasteiger partial charge in [-0.05, 0) is 36.2 Å². The Morgan fingerprint density at radius 1 is 1.14 bits per heavy atom. The second-order valence-corrected chi connectivity index (χ2v) is 7.20. The fourth-order valence-electron chi connectivity index (χ4n) is 3.06. The van der Waals surface area contributed by atoms with Crippen molar-refractivity contribution in [3.8, 4) is 0 Å². The van der Waals surface area contributed by atoms with Crippen LogP contribution in [0, 0.1) is 0 Å². The number of nitrogens with zero attached hydrogens (tertiary/aromatic N) is 1. The highest BCUT2D eigenvalue weighted by Gasteiger charge is 2.29. The first-order chi connectivity index (χ1) is 10.8. The Balaban J connectivity index is 1.69. The number of hydrogen-bond donors (Lipinski definition) is 1. The van der Waals surface area contributed by atoms with Gasteiger partial charge in [0.05, 0.1) is 10.7 Å². The van der Waals surface area contributed by atoms with Crippen LogP contribution in [0.1, 0.15) is 39.9 Å². The van der Waals surface area contributed by atoms with Crippen molar-refractivity contribution < 1.29 is 0 Å². The maximum Gasteiger partial charge on any atom is 0.0975 e. The second-order valence-electron chi connectivity index (χ2n) is 6.04. The van der Waals surface area contributed by atoms with Crippen LogP contribution in [0.4, 0.5) is 0 Å². The summed E-state index contributed by atoms with van der Waals surface area (Å²) in [5, 5.41) is 7.20. The molecule has 2 nitrogen and oxygen atoms in total. The highest BCUT2D eigenvalue weighted by atomic mass is 32.1. The molecule has 2 aromatic carbocycles. The van der Waals surface area contributed by atoms with Gasteiger partial charge in [0, 0.05) is 23.8 Å². The van der Waals surface area contributed by atoms with Crippen LogP contribution in [0.25, 0.3) is 10.8 Å². The lowest BCUT2D eigenvalue weighted by atomic mass is 10.0. The summed E-state index contributed by atoms with van der Waals surface area (Å²) in [4.78, 5) is 6.40. The number of fused-ring (bicyclic) bond motifs is 1. The Kier molecular flexibility index (Phi) is 3.68. The summed E-state index contributed by atoms with van der Waals surface area (Å²) in [7, 11) is 2.01. The van der Waals surface area contributed by atoms with Gasteiger partial charge in [0.1, 0.15) is 0 Å². The minimum atomic E-state index is 0.723. The molecule has 112 valence electrons. The van der Waals surface area contributed by atoms with Gasteiger partial charge in [-0.15, -0.1) is 11.3 Å². The Bertz CT molecular complexity index is 797. The molecule has 22 heavy (non-hydrogen) atoms. The van der Waals surface area contributed by atoms with E-state index >= 15 is 0 Å². The van der Waals surface area contributed by atoms with Crippen molar-refractivity contribution in [3.63, 3.8) is 0 Å². The van der Waals surface area contributed by atoms with E-state index in [1.54, 1.807) is 0 Å². The minimum Gasteiger partial charge on any atom is -0.315 e. The van der Waals surface area contributed by atoms with E-state index in [0.717, 1.165) is 18.9 Å². The fraction of sp³-hybridized carbons (Fsp3) is 0.316. The first-order valence-corrected chi connectivity index (χ1v) is 8.76. The van der Waals surface area contributed by atoms with E-state index in [0.29, 0.717) is 0 Å². The Morgan fingerprint density at radius 2 is 1.95 bits per heavy atom. The number of hydrogen-bond acceptors (Lipinski definition) is 3. The van der Waals surface area contributed by atoms with Crippen molar-refractivity contribution in [2.75, 3.05) is 7.05 Å². The molecule has 1 N–H and O–H groups in total. The van der Waals surface area contributed by atoms with Crippen LogP contribution in [0.2, 0.25) is 0 Å². The largest absolute Gasteiger partial charge is 0.315 e. The molecule has 0 bridgehead atoms. The van der Waals surface area contributed by atoms with Crippen LogP contribution >= 0.6 is 11.3 Å². The molecule has 3 heteroatoms. The molecule has 0 unspecified atom stereocenters. The van der Waals surface area contributed by atoms with Gasteiger partial charge in [-0.1, -0.05) is 42.5 Å². The summed E-state index contributed by atoms with van der Waals surface area (Å²) < 4.78 is 0. The maximum absolute atomic E-state index is 4.97. The van der Waals surface area contributed by atoms with E-state index in [-0.39, 0.29) is 0 Å². The van der Waals surface area contributed by atoms with E-state index in [4.69, 9.17) is 4.98 Å². The van der Waals surface area contributed by atoms with Crippen LogP contribution in [-0.2, 0) is 13.0 Å². The first-order valence-electron chi connectivity index (χ1n) is 7.95. The third kappa shape index (κ3) is 2.67. The van der Waals surface area contributed by atoms with Crippen molar-refractivity contribution in [1.82, 2.24) is 10.3 Å². The number of benzene rings is 2. The average molecular weight is 308 g/mol. The van der Waals surface area contributed by atoms with E-state index in [1.807, 2.05) is 18.4 Å². The predicted octanol–water partition coefficient (Wildman–Crippen LogP) is 4.48. The van der Waals surface area contributed by atoms with Gasteiger partial charge < -0.3 is 5.32 Å². The lowest BCUT2D eigenvalue weighted by Gasteiger charge is -2.04. The van der Waals surface area contributed by atoms with Crippen LogP contribution < -0.4 is 5.32 Å². The van der Waals surface area contributed by atoms with Crippen LogP contribution in [-0.4, -0.2) is 12.0 Å². The van der Waals surface area contributed by atoms with Crippen LogP contribution in [0.15, 0.2) is 42.5 Å². The molecule has 0 radical (unpaired) electrons. The highest BCUT2D eigenvalue weighted by Crippen LogP contribution is 2.43. The summed E-state index contributed by atoms with van der Waals surface area (Å²) in [5.74, 6) is 0.723. The molecular formula is C19H20N2S. The molecule has 1 aromatic heterocycles. The zero-order valence-electron chi connectivity index (χ0n) is 12.8. The lowest BCUT2D eigenvalue weighted by molar-refractivity contribution is 0.812. The Hall–Kier alpha value is -1.71. The summed E-state index contributed by atoms with van der Waals surface area (Å²) in [5.41, 5.74) is 2.74. The molecule has 1 saturated carbocycles. The number of nitrogens with one attached hydrogen (secondary N) is 1. The van der Waals surface area contributed by atoms with Gasteiger partial charge in [-0.3, -0.25) is 0 Å².